The van der Waals surface area contributed by atoms with Crippen LogP contribution >= 0.6 is 11.8 Å². The van der Waals surface area contributed by atoms with Gasteiger partial charge in [0.2, 0.25) is 10.0 Å². The number of sulfonamides is 1. The lowest BCUT2D eigenvalue weighted by Gasteiger charge is -2.30. The quantitative estimate of drug-likeness (QED) is 0.670. The molecule has 6 heteroatoms. The molecule has 0 spiro atoms. The Bertz CT molecular complexity index is 546. The van der Waals surface area contributed by atoms with E-state index in [2.05, 4.69) is 6.92 Å². The largest absolute Gasteiger partial charge is 0.398 e. The average Bonchev–Trinajstić information content (AvgIpc) is 2.41. The summed E-state index contributed by atoms with van der Waals surface area (Å²) in [5.74, 6) is 1.19. The Balaban J connectivity index is 1.88. The number of nitrogens with zero attached hydrogens (tertiary/aromatic N) is 1. The van der Waals surface area contributed by atoms with Gasteiger partial charge >= 0.3 is 0 Å². The third kappa shape index (κ3) is 4.14. The molecular formula is C14H22N2O2S2. The van der Waals surface area contributed by atoms with E-state index in [0.29, 0.717) is 30.4 Å². The fourth-order valence-corrected chi connectivity index (χ4v) is 5.35. The van der Waals surface area contributed by atoms with Crippen molar-refractivity contribution in [3.63, 3.8) is 0 Å². The number of rotatable bonds is 5. The van der Waals surface area contributed by atoms with E-state index in [9.17, 15) is 8.42 Å². The van der Waals surface area contributed by atoms with Crippen LogP contribution < -0.4 is 5.73 Å². The zero-order valence-corrected chi connectivity index (χ0v) is 13.4. The molecule has 1 aromatic rings. The molecule has 1 heterocycles. The summed E-state index contributed by atoms with van der Waals surface area (Å²) in [5, 5.41) is 0. The molecule has 0 saturated carbocycles. The number of hydrogen-bond acceptors (Lipinski definition) is 4. The zero-order chi connectivity index (χ0) is 14.6. The van der Waals surface area contributed by atoms with Crippen molar-refractivity contribution in [1.29, 1.82) is 0 Å². The standard InChI is InChI=1S/C14H22N2O2S2/c1-12-5-4-8-16(11-12)20(17,18)10-9-19-14-7-3-2-6-13(14)15/h2-3,6-7,12H,4-5,8-11,15H2,1H3. The Labute approximate surface area is 125 Å². The van der Waals surface area contributed by atoms with Gasteiger partial charge in [-0.1, -0.05) is 19.1 Å². The second kappa shape index (κ2) is 6.83. The maximum Gasteiger partial charge on any atom is 0.214 e. The Morgan fingerprint density at radius 2 is 2.15 bits per heavy atom. The first-order valence-electron chi connectivity index (χ1n) is 6.94. The molecule has 0 amide bonds. The summed E-state index contributed by atoms with van der Waals surface area (Å²) < 4.78 is 26.2. The monoisotopic (exact) mass is 314 g/mol. The first-order valence-corrected chi connectivity index (χ1v) is 9.53. The first-order chi connectivity index (χ1) is 9.49. The Morgan fingerprint density at radius 1 is 1.40 bits per heavy atom. The van der Waals surface area contributed by atoms with Crippen LogP contribution in [0.5, 0.6) is 0 Å². The molecule has 1 aromatic carbocycles. The van der Waals surface area contributed by atoms with Crippen molar-refractivity contribution in [3.05, 3.63) is 24.3 Å². The molecule has 4 nitrogen and oxygen atoms in total. The van der Waals surface area contributed by atoms with Gasteiger partial charge in [-0.05, 0) is 30.9 Å². The molecule has 0 aromatic heterocycles. The molecule has 0 aliphatic carbocycles. The molecular weight excluding hydrogens is 292 g/mol. The van der Waals surface area contributed by atoms with Gasteiger partial charge in [-0.2, -0.15) is 0 Å². The molecule has 1 unspecified atom stereocenters. The first kappa shape index (κ1) is 15.7. The Hall–Kier alpha value is -0.720. The minimum absolute atomic E-state index is 0.179. The molecule has 2 N–H and O–H groups in total. The van der Waals surface area contributed by atoms with E-state index in [1.807, 2.05) is 24.3 Å². The van der Waals surface area contributed by atoms with Crippen LogP contribution in [0.1, 0.15) is 19.8 Å². The average molecular weight is 314 g/mol. The Morgan fingerprint density at radius 3 is 2.85 bits per heavy atom. The second-order valence-electron chi connectivity index (χ2n) is 5.31. The van der Waals surface area contributed by atoms with Crippen LogP contribution in [0.25, 0.3) is 0 Å². The van der Waals surface area contributed by atoms with Crippen LogP contribution in [-0.2, 0) is 10.0 Å². The van der Waals surface area contributed by atoms with Crippen molar-refractivity contribution in [2.24, 2.45) is 5.92 Å². The third-order valence-electron chi connectivity index (χ3n) is 3.53. The van der Waals surface area contributed by atoms with Crippen LogP contribution in [0, 0.1) is 5.92 Å². The van der Waals surface area contributed by atoms with Crippen LogP contribution in [0.2, 0.25) is 0 Å². The van der Waals surface area contributed by atoms with Gasteiger partial charge in [0.25, 0.3) is 0 Å². The molecule has 112 valence electrons. The van der Waals surface area contributed by atoms with E-state index in [1.165, 1.54) is 11.8 Å². The number of nitrogen functional groups attached to an aromatic ring is 1. The van der Waals surface area contributed by atoms with Gasteiger partial charge in [0, 0.05) is 29.4 Å². The molecule has 2 rings (SSSR count). The number of benzene rings is 1. The highest BCUT2D eigenvalue weighted by Gasteiger charge is 2.26. The fourth-order valence-electron chi connectivity index (χ4n) is 2.40. The molecule has 1 saturated heterocycles. The van der Waals surface area contributed by atoms with Crippen molar-refractivity contribution < 1.29 is 8.42 Å². The molecule has 0 bridgehead atoms. The van der Waals surface area contributed by atoms with Gasteiger partial charge in [0.15, 0.2) is 0 Å². The predicted octanol–water partition coefficient (Wildman–Crippen LogP) is 2.42. The van der Waals surface area contributed by atoms with Gasteiger partial charge in [-0.25, -0.2) is 12.7 Å². The summed E-state index contributed by atoms with van der Waals surface area (Å²) in [4.78, 5) is 0.953. The summed E-state index contributed by atoms with van der Waals surface area (Å²) >= 11 is 1.51. The van der Waals surface area contributed by atoms with Gasteiger partial charge < -0.3 is 5.73 Å². The summed E-state index contributed by atoms with van der Waals surface area (Å²) in [6.07, 6.45) is 2.10. The van der Waals surface area contributed by atoms with Gasteiger partial charge in [-0.3, -0.25) is 0 Å². The minimum Gasteiger partial charge on any atom is -0.398 e. The third-order valence-corrected chi connectivity index (χ3v) is 6.72. The minimum atomic E-state index is -3.13. The fraction of sp³-hybridized carbons (Fsp3) is 0.571. The van der Waals surface area contributed by atoms with Crippen LogP contribution in [0.3, 0.4) is 0 Å². The number of anilines is 1. The SMILES string of the molecule is CC1CCCN(S(=O)(=O)CCSc2ccccc2N)C1. The number of thioether (sulfide) groups is 1. The van der Waals surface area contributed by atoms with E-state index in [0.717, 1.165) is 17.7 Å². The highest BCUT2D eigenvalue weighted by atomic mass is 32.2. The summed E-state index contributed by atoms with van der Waals surface area (Å²) in [7, 11) is -3.13. The lowest BCUT2D eigenvalue weighted by molar-refractivity contribution is 0.281. The van der Waals surface area contributed by atoms with Crippen LogP contribution in [0.15, 0.2) is 29.2 Å². The number of nitrogens with two attached hydrogens (primary N) is 1. The Kier molecular flexibility index (Phi) is 5.35. The lowest BCUT2D eigenvalue weighted by atomic mass is 10.0. The van der Waals surface area contributed by atoms with E-state index >= 15 is 0 Å². The van der Waals surface area contributed by atoms with Crippen molar-refractivity contribution >= 4 is 27.5 Å². The lowest BCUT2D eigenvalue weighted by Crippen LogP contribution is -2.40. The van der Waals surface area contributed by atoms with E-state index in [4.69, 9.17) is 5.73 Å². The molecule has 0 radical (unpaired) electrons. The molecule has 1 fully saturated rings. The highest BCUT2D eigenvalue weighted by molar-refractivity contribution is 8.00. The molecule has 1 aliphatic rings. The van der Waals surface area contributed by atoms with Crippen molar-refractivity contribution in [2.45, 2.75) is 24.7 Å². The molecule has 1 atom stereocenters. The van der Waals surface area contributed by atoms with E-state index in [-0.39, 0.29) is 5.75 Å². The maximum absolute atomic E-state index is 12.3. The van der Waals surface area contributed by atoms with Crippen molar-refractivity contribution in [3.8, 4) is 0 Å². The number of para-hydroxylation sites is 1. The molecule has 1 aliphatic heterocycles. The van der Waals surface area contributed by atoms with Gasteiger partial charge in [0.1, 0.15) is 0 Å². The van der Waals surface area contributed by atoms with E-state index < -0.39 is 10.0 Å². The van der Waals surface area contributed by atoms with E-state index in [1.54, 1.807) is 4.31 Å². The number of piperidine rings is 1. The van der Waals surface area contributed by atoms with Crippen molar-refractivity contribution in [1.82, 2.24) is 4.31 Å². The topological polar surface area (TPSA) is 63.4 Å². The van der Waals surface area contributed by atoms with Crippen molar-refractivity contribution in [2.75, 3.05) is 30.3 Å². The number of hydrogen-bond donors (Lipinski definition) is 1. The highest BCUT2D eigenvalue weighted by Crippen LogP contribution is 2.25. The summed E-state index contributed by atoms with van der Waals surface area (Å²) in [6.45, 7) is 3.45. The van der Waals surface area contributed by atoms with Gasteiger partial charge in [0.05, 0.1) is 5.75 Å². The molecule has 20 heavy (non-hydrogen) atoms. The second-order valence-corrected chi connectivity index (χ2v) is 8.53. The normalized spacial score (nSPS) is 20.9. The summed E-state index contributed by atoms with van der Waals surface area (Å²) in [5.41, 5.74) is 6.56. The smallest absolute Gasteiger partial charge is 0.214 e. The van der Waals surface area contributed by atoms with Crippen LogP contribution in [0.4, 0.5) is 5.69 Å². The summed E-state index contributed by atoms with van der Waals surface area (Å²) in [6, 6.07) is 7.56. The predicted molar refractivity (Wildman–Crippen MR) is 85.3 cm³/mol. The van der Waals surface area contributed by atoms with Crippen LogP contribution in [-0.4, -0.2) is 37.3 Å². The van der Waals surface area contributed by atoms with Gasteiger partial charge in [-0.15, -0.1) is 11.8 Å². The maximum atomic E-state index is 12.3. The zero-order valence-electron chi connectivity index (χ0n) is 11.8.